The molecule has 0 saturated carbocycles. The molecule has 0 amide bonds. The molecule has 10 heavy (non-hydrogen) atoms. The van der Waals surface area contributed by atoms with Gasteiger partial charge in [-0.2, -0.15) is 0 Å². The first-order valence-corrected chi connectivity index (χ1v) is 4.48. The van der Waals surface area contributed by atoms with Crippen LogP contribution >= 0.6 is 8.69 Å². The highest BCUT2D eigenvalue weighted by Gasteiger charge is 2.21. The standard InChI is InChI=1S/C6H13O3P/c1-5-2-3-6(9-5)4-8-10-7/h5-6H,2-4,10H2,1H3/t5-,6-/m1/s1. The van der Waals surface area contributed by atoms with Gasteiger partial charge in [0.15, 0.2) is 8.69 Å². The van der Waals surface area contributed by atoms with Gasteiger partial charge in [-0.3, -0.25) is 4.57 Å². The van der Waals surface area contributed by atoms with Crippen LogP contribution in [0.3, 0.4) is 0 Å². The van der Waals surface area contributed by atoms with Gasteiger partial charge < -0.3 is 9.26 Å². The number of rotatable bonds is 3. The summed E-state index contributed by atoms with van der Waals surface area (Å²) >= 11 is 0. The topological polar surface area (TPSA) is 35.5 Å². The first-order chi connectivity index (χ1) is 4.83. The molecular formula is C6H13O3P. The maximum Gasteiger partial charge on any atom is 0.180 e. The second kappa shape index (κ2) is 4.12. The highest BCUT2D eigenvalue weighted by molar-refractivity contribution is 7.17. The van der Waals surface area contributed by atoms with Crippen molar-refractivity contribution < 1.29 is 13.8 Å². The van der Waals surface area contributed by atoms with Gasteiger partial charge in [-0.25, -0.2) is 0 Å². The lowest BCUT2D eigenvalue weighted by atomic mass is 10.2. The van der Waals surface area contributed by atoms with Gasteiger partial charge in [-0.15, -0.1) is 0 Å². The predicted molar refractivity (Wildman–Crippen MR) is 39.9 cm³/mol. The van der Waals surface area contributed by atoms with E-state index in [-0.39, 0.29) is 6.10 Å². The summed E-state index contributed by atoms with van der Waals surface area (Å²) in [7, 11) is -1.06. The molecule has 4 heteroatoms. The van der Waals surface area contributed by atoms with E-state index in [9.17, 15) is 4.57 Å². The normalized spacial score (nSPS) is 34.1. The van der Waals surface area contributed by atoms with Crippen LogP contribution in [-0.4, -0.2) is 18.8 Å². The van der Waals surface area contributed by atoms with Crippen LogP contribution in [0.1, 0.15) is 19.8 Å². The molecule has 3 nitrogen and oxygen atoms in total. The van der Waals surface area contributed by atoms with Crippen LogP contribution < -0.4 is 0 Å². The minimum absolute atomic E-state index is 0.191. The van der Waals surface area contributed by atoms with Crippen molar-refractivity contribution in [2.45, 2.75) is 32.0 Å². The largest absolute Gasteiger partial charge is 0.373 e. The van der Waals surface area contributed by atoms with Crippen LogP contribution in [0.5, 0.6) is 0 Å². The average Bonchev–Trinajstić information content (AvgIpc) is 2.31. The maximum absolute atomic E-state index is 9.97. The van der Waals surface area contributed by atoms with E-state index in [0.29, 0.717) is 12.7 Å². The molecule has 1 aliphatic rings. The predicted octanol–water partition coefficient (Wildman–Crippen LogP) is 1.24. The first kappa shape index (κ1) is 8.25. The Balaban J connectivity index is 2.12. The summed E-state index contributed by atoms with van der Waals surface area (Å²) in [5, 5.41) is 0. The lowest BCUT2D eigenvalue weighted by Crippen LogP contribution is -2.12. The van der Waals surface area contributed by atoms with Gasteiger partial charge in [0.05, 0.1) is 18.8 Å². The number of hydrogen-bond acceptors (Lipinski definition) is 3. The second-order valence-corrected chi connectivity index (χ2v) is 3.10. The van der Waals surface area contributed by atoms with Crippen LogP contribution in [0.4, 0.5) is 0 Å². The van der Waals surface area contributed by atoms with E-state index < -0.39 is 8.69 Å². The van der Waals surface area contributed by atoms with E-state index in [0.717, 1.165) is 12.8 Å². The number of ether oxygens (including phenoxy) is 1. The van der Waals surface area contributed by atoms with E-state index in [1.807, 2.05) is 6.92 Å². The van der Waals surface area contributed by atoms with Crippen LogP contribution in [0.25, 0.3) is 0 Å². The third-order valence-electron chi connectivity index (χ3n) is 1.67. The van der Waals surface area contributed by atoms with Crippen LogP contribution in [0, 0.1) is 0 Å². The van der Waals surface area contributed by atoms with Crippen molar-refractivity contribution >= 4 is 8.69 Å². The Bertz CT molecular complexity index is 118. The summed E-state index contributed by atoms with van der Waals surface area (Å²) in [6.07, 6.45) is 2.69. The zero-order chi connectivity index (χ0) is 7.40. The summed E-state index contributed by atoms with van der Waals surface area (Å²) in [6.45, 7) is 2.55. The Morgan fingerprint density at radius 1 is 1.70 bits per heavy atom. The summed E-state index contributed by atoms with van der Waals surface area (Å²) in [6, 6.07) is 0. The molecule has 3 atom stereocenters. The van der Waals surface area contributed by atoms with E-state index in [2.05, 4.69) is 0 Å². The third-order valence-corrected chi connectivity index (χ3v) is 2.00. The minimum Gasteiger partial charge on any atom is -0.373 e. The summed E-state index contributed by atoms with van der Waals surface area (Å²) in [4.78, 5) is 0. The van der Waals surface area contributed by atoms with Crippen LogP contribution in [0.15, 0.2) is 0 Å². The van der Waals surface area contributed by atoms with E-state index >= 15 is 0 Å². The molecule has 1 aliphatic heterocycles. The molecule has 0 aromatic heterocycles. The van der Waals surface area contributed by atoms with Gasteiger partial charge in [0.2, 0.25) is 0 Å². The fourth-order valence-electron chi connectivity index (χ4n) is 1.15. The minimum atomic E-state index is -1.06. The highest BCUT2D eigenvalue weighted by Crippen LogP contribution is 2.19. The first-order valence-electron chi connectivity index (χ1n) is 3.53. The molecule has 60 valence electrons. The zero-order valence-corrected chi connectivity index (χ0v) is 7.23. The van der Waals surface area contributed by atoms with Crippen molar-refractivity contribution in [1.29, 1.82) is 0 Å². The molecular weight excluding hydrogens is 151 g/mol. The van der Waals surface area contributed by atoms with Crippen molar-refractivity contribution in [3.8, 4) is 0 Å². The maximum atomic E-state index is 9.97. The van der Waals surface area contributed by atoms with Gasteiger partial charge in [0, 0.05) is 0 Å². The molecule has 0 N–H and O–H groups in total. The van der Waals surface area contributed by atoms with E-state index in [1.165, 1.54) is 0 Å². The lowest BCUT2D eigenvalue weighted by Gasteiger charge is -2.07. The third kappa shape index (κ3) is 2.41. The van der Waals surface area contributed by atoms with Crippen molar-refractivity contribution in [2.24, 2.45) is 0 Å². The fourth-order valence-corrected chi connectivity index (χ4v) is 1.45. The van der Waals surface area contributed by atoms with Crippen LogP contribution in [-0.2, 0) is 13.8 Å². The zero-order valence-electron chi connectivity index (χ0n) is 6.08. The van der Waals surface area contributed by atoms with Gasteiger partial charge in [0.1, 0.15) is 0 Å². The Kier molecular flexibility index (Phi) is 3.40. The van der Waals surface area contributed by atoms with Crippen molar-refractivity contribution in [2.75, 3.05) is 6.61 Å². The highest BCUT2D eigenvalue weighted by atomic mass is 31.1. The Morgan fingerprint density at radius 3 is 3.00 bits per heavy atom. The monoisotopic (exact) mass is 164 g/mol. The summed E-state index contributed by atoms with van der Waals surface area (Å²) in [5.41, 5.74) is 0. The molecule has 1 fully saturated rings. The summed E-state index contributed by atoms with van der Waals surface area (Å²) < 4.78 is 20.2. The Labute approximate surface area is 62.0 Å². The molecule has 0 aliphatic carbocycles. The molecule has 0 spiro atoms. The van der Waals surface area contributed by atoms with Crippen LogP contribution in [0.2, 0.25) is 0 Å². The van der Waals surface area contributed by atoms with Gasteiger partial charge in [-0.05, 0) is 19.8 Å². The SMILES string of the molecule is C[C@@H]1CC[C@H](CO[PH2]=O)O1. The Morgan fingerprint density at radius 2 is 2.50 bits per heavy atom. The van der Waals surface area contributed by atoms with Gasteiger partial charge >= 0.3 is 0 Å². The smallest absolute Gasteiger partial charge is 0.180 e. The van der Waals surface area contributed by atoms with Gasteiger partial charge in [-0.1, -0.05) is 0 Å². The molecule has 1 rings (SSSR count). The molecule has 0 aromatic carbocycles. The van der Waals surface area contributed by atoms with E-state index in [1.54, 1.807) is 0 Å². The number of hydrogen-bond donors (Lipinski definition) is 0. The molecule has 1 heterocycles. The van der Waals surface area contributed by atoms with Gasteiger partial charge in [0.25, 0.3) is 0 Å². The average molecular weight is 164 g/mol. The van der Waals surface area contributed by atoms with E-state index in [4.69, 9.17) is 9.26 Å². The second-order valence-electron chi connectivity index (χ2n) is 2.58. The quantitative estimate of drug-likeness (QED) is 0.589. The lowest BCUT2D eigenvalue weighted by molar-refractivity contribution is 0.0293. The van der Waals surface area contributed by atoms with Crippen molar-refractivity contribution in [1.82, 2.24) is 0 Å². The van der Waals surface area contributed by atoms with Crippen molar-refractivity contribution in [3.63, 3.8) is 0 Å². The Hall–Kier alpha value is 0.150. The molecule has 1 saturated heterocycles. The molecule has 0 radical (unpaired) electrons. The van der Waals surface area contributed by atoms with Crippen molar-refractivity contribution in [3.05, 3.63) is 0 Å². The fraction of sp³-hybridized carbons (Fsp3) is 1.00. The molecule has 1 unspecified atom stereocenters. The molecule has 0 aromatic rings. The summed E-state index contributed by atoms with van der Waals surface area (Å²) in [5.74, 6) is 0. The molecule has 0 bridgehead atoms.